The molecular weight excluding hydrogens is 332 g/mol. The number of benzene rings is 1. The minimum absolute atomic E-state index is 0.0161. The second kappa shape index (κ2) is 8.08. The van der Waals surface area contributed by atoms with E-state index < -0.39 is 0 Å². The Bertz CT molecular complexity index is 766. The lowest BCUT2D eigenvalue weighted by Gasteiger charge is -2.31. The van der Waals surface area contributed by atoms with Crippen molar-refractivity contribution in [1.82, 2.24) is 10.2 Å². The van der Waals surface area contributed by atoms with Gasteiger partial charge in [-0.25, -0.2) is 0 Å². The first kappa shape index (κ1) is 18.0. The Morgan fingerprint density at radius 1 is 1.27 bits per heavy atom. The molecule has 1 aromatic carbocycles. The number of hydrogen-bond acceptors (Lipinski definition) is 4. The zero-order valence-corrected chi connectivity index (χ0v) is 15.2. The van der Waals surface area contributed by atoms with Crippen molar-refractivity contribution in [3.63, 3.8) is 0 Å². The normalized spacial score (nSPS) is 17.0. The lowest BCUT2D eigenvalue weighted by molar-refractivity contribution is -0.125. The zero-order chi connectivity index (χ0) is 18.5. The van der Waals surface area contributed by atoms with Crippen LogP contribution in [0.2, 0.25) is 0 Å². The number of furan rings is 1. The third-order valence-corrected chi connectivity index (χ3v) is 4.69. The quantitative estimate of drug-likeness (QED) is 0.894. The van der Waals surface area contributed by atoms with E-state index in [2.05, 4.69) is 5.32 Å². The van der Waals surface area contributed by atoms with E-state index in [1.54, 1.807) is 18.0 Å². The van der Waals surface area contributed by atoms with E-state index in [0.29, 0.717) is 24.4 Å². The van der Waals surface area contributed by atoms with Gasteiger partial charge in [0, 0.05) is 20.1 Å². The van der Waals surface area contributed by atoms with E-state index >= 15 is 0 Å². The third kappa shape index (κ3) is 4.07. The second-order valence-corrected chi connectivity index (χ2v) is 6.56. The highest BCUT2D eigenvalue weighted by Gasteiger charge is 2.30. The summed E-state index contributed by atoms with van der Waals surface area (Å²) in [7, 11) is 1.62. The van der Waals surface area contributed by atoms with Gasteiger partial charge in [-0.3, -0.25) is 9.59 Å². The highest BCUT2D eigenvalue weighted by Crippen LogP contribution is 2.22. The number of aryl methyl sites for hydroxylation is 1. The molecule has 1 atom stereocenters. The van der Waals surface area contributed by atoms with Gasteiger partial charge in [0.05, 0.1) is 17.7 Å². The average Bonchev–Trinajstić information content (AvgIpc) is 3.15. The van der Waals surface area contributed by atoms with Gasteiger partial charge < -0.3 is 19.4 Å². The Morgan fingerprint density at radius 3 is 2.77 bits per heavy atom. The van der Waals surface area contributed by atoms with Crippen LogP contribution in [0.3, 0.4) is 0 Å². The largest absolute Gasteiger partial charge is 0.486 e. The Labute approximate surface area is 153 Å². The number of likely N-dealkylation sites (tertiary alicyclic amines) is 1. The van der Waals surface area contributed by atoms with Crippen molar-refractivity contribution in [2.24, 2.45) is 5.92 Å². The molecule has 1 fully saturated rings. The molecule has 138 valence electrons. The molecule has 0 bridgehead atoms. The maximum Gasteiger partial charge on any atom is 0.257 e. The highest BCUT2D eigenvalue weighted by atomic mass is 16.5. The first-order valence-electron chi connectivity index (χ1n) is 8.85. The van der Waals surface area contributed by atoms with E-state index in [4.69, 9.17) is 9.15 Å². The van der Waals surface area contributed by atoms with Crippen LogP contribution in [0, 0.1) is 12.8 Å². The van der Waals surface area contributed by atoms with Crippen LogP contribution in [0.5, 0.6) is 5.75 Å². The summed E-state index contributed by atoms with van der Waals surface area (Å²) < 4.78 is 11.2. The van der Waals surface area contributed by atoms with Crippen LogP contribution in [0.15, 0.2) is 41.0 Å². The monoisotopic (exact) mass is 356 g/mol. The van der Waals surface area contributed by atoms with Crippen molar-refractivity contribution >= 4 is 11.8 Å². The summed E-state index contributed by atoms with van der Waals surface area (Å²) in [6, 6.07) is 9.38. The van der Waals surface area contributed by atoms with Gasteiger partial charge in [0.15, 0.2) is 5.76 Å². The van der Waals surface area contributed by atoms with E-state index in [9.17, 15) is 9.59 Å². The first-order valence-corrected chi connectivity index (χ1v) is 8.85. The second-order valence-electron chi connectivity index (χ2n) is 6.56. The van der Waals surface area contributed by atoms with Gasteiger partial charge in [-0.15, -0.1) is 0 Å². The maximum atomic E-state index is 12.9. The Morgan fingerprint density at radius 2 is 2.04 bits per heavy atom. The van der Waals surface area contributed by atoms with Crippen LogP contribution in [0.1, 0.15) is 34.5 Å². The third-order valence-electron chi connectivity index (χ3n) is 4.69. The minimum Gasteiger partial charge on any atom is -0.486 e. The molecule has 1 N–H and O–H groups in total. The molecule has 0 spiro atoms. The number of carbonyl (C=O) groups is 2. The number of hydrogen-bond donors (Lipinski definition) is 1. The van der Waals surface area contributed by atoms with Crippen molar-refractivity contribution in [1.29, 1.82) is 0 Å². The Kier molecular flexibility index (Phi) is 5.61. The van der Waals surface area contributed by atoms with Crippen LogP contribution >= 0.6 is 0 Å². The topological polar surface area (TPSA) is 71.8 Å². The fourth-order valence-corrected chi connectivity index (χ4v) is 3.18. The van der Waals surface area contributed by atoms with Gasteiger partial charge in [0.25, 0.3) is 5.91 Å². The predicted octanol–water partition coefficient (Wildman–Crippen LogP) is 2.77. The molecule has 0 radical (unpaired) electrons. The minimum atomic E-state index is -0.156. The standard InChI is InChI=1S/C20H24N2O4/c1-14-5-7-16(8-6-14)26-13-18-17(9-11-25-18)20(24)22-10-3-4-15(12-22)19(23)21-2/h5-9,11,15H,3-4,10,12-13H2,1-2H3,(H,21,23). The summed E-state index contributed by atoms with van der Waals surface area (Å²) in [6.07, 6.45) is 3.12. The molecule has 6 heteroatoms. The van der Waals surface area contributed by atoms with Gasteiger partial charge >= 0.3 is 0 Å². The molecule has 2 heterocycles. The van der Waals surface area contributed by atoms with E-state index in [1.165, 1.54) is 6.26 Å². The summed E-state index contributed by atoms with van der Waals surface area (Å²) in [5.74, 6) is 0.935. The van der Waals surface area contributed by atoms with Gasteiger partial charge in [-0.2, -0.15) is 0 Å². The molecule has 1 aliphatic heterocycles. The number of carbonyl (C=O) groups excluding carboxylic acids is 2. The van der Waals surface area contributed by atoms with Crippen LogP contribution in [0.4, 0.5) is 0 Å². The molecule has 0 aliphatic carbocycles. The van der Waals surface area contributed by atoms with E-state index in [0.717, 1.165) is 24.2 Å². The van der Waals surface area contributed by atoms with Crippen molar-refractivity contribution in [2.75, 3.05) is 20.1 Å². The molecule has 26 heavy (non-hydrogen) atoms. The summed E-state index contributed by atoms with van der Waals surface area (Å²) in [5, 5.41) is 2.67. The van der Waals surface area contributed by atoms with Crippen LogP contribution < -0.4 is 10.1 Å². The molecule has 0 saturated carbocycles. The number of piperidine rings is 1. The van der Waals surface area contributed by atoms with Crippen molar-refractivity contribution < 1.29 is 18.7 Å². The maximum absolute atomic E-state index is 12.9. The van der Waals surface area contributed by atoms with Gasteiger partial charge in [-0.1, -0.05) is 17.7 Å². The molecular formula is C20H24N2O4. The van der Waals surface area contributed by atoms with Crippen LogP contribution in [-0.4, -0.2) is 36.9 Å². The zero-order valence-electron chi connectivity index (χ0n) is 15.2. The van der Waals surface area contributed by atoms with Gasteiger partial charge in [-0.05, 0) is 38.0 Å². The fourth-order valence-electron chi connectivity index (χ4n) is 3.18. The Hall–Kier alpha value is -2.76. The summed E-state index contributed by atoms with van der Waals surface area (Å²) in [6.45, 7) is 3.28. The summed E-state index contributed by atoms with van der Waals surface area (Å²) in [4.78, 5) is 26.5. The van der Waals surface area contributed by atoms with Crippen molar-refractivity contribution in [3.05, 3.63) is 53.5 Å². The molecule has 2 amide bonds. The average molecular weight is 356 g/mol. The number of ether oxygens (including phenoxy) is 1. The lowest BCUT2D eigenvalue weighted by atomic mass is 9.96. The fraction of sp³-hybridized carbons (Fsp3) is 0.400. The number of amides is 2. The van der Waals surface area contributed by atoms with Gasteiger partial charge in [0.1, 0.15) is 12.4 Å². The molecule has 1 saturated heterocycles. The smallest absolute Gasteiger partial charge is 0.257 e. The molecule has 1 aromatic heterocycles. The number of nitrogens with one attached hydrogen (secondary N) is 1. The van der Waals surface area contributed by atoms with Crippen LogP contribution in [-0.2, 0) is 11.4 Å². The van der Waals surface area contributed by atoms with Crippen molar-refractivity contribution in [3.8, 4) is 5.75 Å². The summed E-state index contributed by atoms with van der Waals surface area (Å²) in [5.41, 5.74) is 1.65. The molecule has 1 unspecified atom stereocenters. The molecule has 3 rings (SSSR count). The predicted molar refractivity (Wildman–Crippen MR) is 96.9 cm³/mol. The van der Waals surface area contributed by atoms with Gasteiger partial charge in [0.2, 0.25) is 5.91 Å². The van der Waals surface area contributed by atoms with Crippen LogP contribution in [0.25, 0.3) is 0 Å². The molecule has 1 aliphatic rings. The lowest BCUT2D eigenvalue weighted by Crippen LogP contribution is -2.44. The highest BCUT2D eigenvalue weighted by molar-refractivity contribution is 5.95. The number of rotatable bonds is 5. The van der Waals surface area contributed by atoms with Crippen molar-refractivity contribution in [2.45, 2.75) is 26.4 Å². The molecule has 6 nitrogen and oxygen atoms in total. The SMILES string of the molecule is CNC(=O)C1CCCN(C(=O)c2ccoc2COc2ccc(C)cc2)C1. The Balaban J connectivity index is 1.66. The molecule has 2 aromatic rings. The summed E-state index contributed by atoms with van der Waals surface area (Å²) >= 11 is 0. The number of nitrogens with zero attached hydrogens (tertiary/aromatic N) is 1. The van der Waals surface area contributed by atoms with E-state index in [-0.39, 0.29) is 24.3 Å². The van der Waals surface area contributed by atoms with E-state index in [1.807, 2.05) is 31.2 Å². The first-order chi connectivity index (χ1) is 12.6.